The molecule has 1 aromatic carbocycles. The fourth-order valence-electron chi connectivity index (χ4n) is 3.60. The Balaban J connectivity index is 1.48. The van der Waals surface area contributed by atoms with Crippen molar-refractivity contribution in [1.29, 1.82) is 0 Å². The first-order valence-corrected chi connectivity index (χ1v) is 10.8. The fourth-order valence-corrected chi connectivity index (χ4v) is 4.71. The Morgan fingerprint density at radius 1 is 1.14 bits per heavy atom. The normalized spacial score (nSPS) is 15.3. The van der Waals surface area contributed by atoms with E-state index in [4.69, 9.17) is 9.47 Å². The highest BCUT2D eigenvalue weighted by Gasteiger charge is 2.22. The van der Waals surface area contributed by atoms with Crippen LogP contribution in [0.15, 0.2) is 24.3 Å². The minimum atomic E-state index is -0.253. The van der Waals surface area contributed by atoms with Gasteiger partial charge in [-0.1, -0.05) is 19.4 Å². The number of thiophene rings is 1. The number of hydrogen-bond acceptors (Lipinski definition) is 5. The van der Waals surface area contributed by atoms with Crippen LogP contribution in [0.3, 0.4) is 0 Å². The lowest BCUT2D eigenvalue weighted by Crippen LogP contribution is -2.41. The molecule has 0 aliphatic heterocycles. The molecule has 2 N–H and O–H groups in total. The molecule has 0 radical (unpaired) electrons. The summed E-state index contributed by atoms with van der Waals surface area (Å²) in [6, 6.07) is 7.54. The third kappa shape index (κ3) is 5.29. The number of hydrogen-bond donors (Lipinski definition) is 2. The van der Waals surface area contributed by atoms with Gasteiger partial charge in [0.1, 0.15) is 0 Å². The van der Waals surface area contributed by atoms with Crippen molar-refractivity contribution in [1.82, 2.24) is 10.9 Å². The zero-order valence-electron chi connectivity index (χ0n) is 17.2. The second-order valence-electron chi connectivity index (χ2n) is 7.27. The van der Waals surface area contributed by atoms with Gasteiger partial charge in [-0.3, -0.25) is 20.4 Å². The summed E-state index contributed by atoms with van der Waals surface area (Å²) in [5, 5.41) is 0. The molecule has 6 nitrogen and oxygen atoms in total. The second-order valence-corrected chi connectivity index (χ2v) is 8.40. The molecule has 156 valence electrons. The number of amides is 2. The van der Waals surface area contributed by atoms with Crippen LogP contribution in [0.1, 0.15) is 51.9 Å². The first-order valence-electron chi connectivity index (χ1n) is 9.95. The zero-order chi connectivity index (χ0) is 20.8. The van der Waals surface area contributed by atoms with Crippen LogP contribution in [-0.2, 0) is 24.1 Å². The Morgan fingerprint density at radius 2 is 1.93 bits per heavy atom. The minimum Gasteiger partial charge on any atom is -0.493 e. The summed E-state index contributed by atoms with van der Waals surface area (Å²) in [4.78, 5) is 26.5. The van der Waals surface area contributed by atoms with E-state index in [0.29, 0.717) is 28.7 Å². The molecular weight excluding hydrogens is 388 g/mol. The van der Waals surface area contributed by atoms with Gasteiger partial charge in [-0.15, -0.1) is 11.3 Å². The molecule has 0 saturated heterocycles. The highest BCUT2D eigenvalue weighted by Crippen LogP contribution is 2.33. The standard InChI is InChI=1S/C22H28N2O4S/c1-4-14-6-9-19-16(11-14)13-20(29-19)22(26)24-23-21(25)10-7-15-5-8-17(27-2)18(12-15)28-3/h5,8,12-14H,4,6-7,9-11H2,1-3H3,(H,23,25)(H,24,26)/t14-/m0/s1. The Bertz CT molecular complexity index is 878. The van der Waals surface area contributed by atoms with Gasteiger partial charge in [-0.25, -0.2) is 0 Å². The summed E-state index contributed by atoms with van der Waals surface area (Å²) in [6.45, 7) is 2.22. The van der Waals surface area contributed by atoms with Crippen molar-refractivity contribution in [3.05, 3.63) is 45.1 Å². The Morgan fingerprint density at radius 3 is 2.66 bits per heavy atom. The lowest BCUT2D eigenvalue weighted by molar-refractivity contribution is -0.121. The topological polar surface area (TPSA) is 76.7 Å². The van der Waals surface area contributed by atoms with Crippen LogP contribution in [0.25, 0.3) is 0 Å². The zero-order valence-corrected chi connectivity index (χ0v) is 18.0. The van der Waals surface area contributed by atoms with Crippen LogP contribution >= 0.6 is 11.3 Å². The Labute approximate surface area is 175 Å². The van der Waals surface area contributed by atoms with E-state index in [2.05, 4.69) is 17.8 Å². The van der Waals surface area contributed by atoms with E-state index in [9.17, 15) is 9.59 Å². The van der Waals surface area contributed by atoms with Gasteiger partial charge in [0.2, 0.25) is 5.91 Å². The van der Waals surface area contributed by atoms with E-state index in [1.165, 1.54) is 34.6 Å². The molecule has 7 heteroatoms. The van der Waals surface area contributed by atoms with Crippen molar-refractivity contribution >= 4 is 23.2 Å². The SMILES string of the molecule is CC[C@H]1CCc2sc(C(=O)NNC(=O)CCc3ccc(OC)c(OC)c3)cc2C1. The van der Waals surface area contributed by atoms with Crippen LogP contribution in [0.4, 0.5) is 0 Å². The molecule has 1 atom stereocenters. The highest BCUT2D eigenvalue weighted by atomic mass is 32.1. The number of rotatable bonds is 7. The second kappa shape index (κ2) is 9.78. The summed E-state index contributed by atoms with van der Waals surface area (Å²) >= 11 is 1.54. The fraction of sp³-hybridized carbons (Fsp3) is 0.455. The molecule has 0 spiro atoms. The van der Waals surface area contributed by atoms with Gasteiger partial charge in [0, 0.05) is 11.3 Å². The van der Waals surface area contributed by atoms with Gasteiger partial charge < -0.3 is 9.47 Å². The van der Waals surface area contributed by atoms with E-state index >= 15 is 0 Å². The van der Waals surface area contributed by atoms with E-state index in [0.717, 1.165) is 18.4 Å². The highest BCUT2D eigenvalue weighted by molar-refractivity contribution is 7.14. The minimum absolute atomic E-state index is 0.236. The molecule has 2 aromatic rings. The van der Waals surface area contributed by atoms with Crippen molar-refractivity contribution in [2.45, 2.75) is 45.4 Å². The molecule has 1 aliphatic rings. The molecule has 0 fully saturated rings. The van der Waals surface area contributed by atoms with Crippen LogP contribution in [0.2, 0.25) is 0 Å². The van der Waals surface area contributed by atoms with Crippen molar-refractivity contribution < 1.29 is 19.1 Å². The molecule has 0 unspecified atom stereocenters. The molecule has 2 amide bonds. The molecule has 0 saturated carbocycles. The van der Waals surface area contributed by atoms with Gasteiger partial charge in [-0.2, -0.15) is 0 Å². The quantitative estimate of drug-likeness (QED) is 0.675. The number of nitrogens with one attached hydrogen (secondary N) is 2. The van der Waals surface area contributed by atoms with Gasteiger partial charge in [0.15, 0.2) is 11.5 Å². The summed E-state index contributed by atoms with van der Waals surface area (Å²) in [5.41, 5.74) is 7.30. The predicted molar refractivity (Wildman–Crippen MR) is 114 cm³/mol. The summed E-state index contributed by atoms with van der Waals surface area (Å²) in [5.74, 6) is 1.50. The number of ether oxygens (including phenoxy) is 2. The van der Waals surface area contributed by atoms with Gasteiger partial charge in [-0.05, 0) is 60.9 Å². The van der Waals surface area contributed by atoms with Gasteiger partial charge in [0.05, 0.1) is 19.1 Å². The van der Waals surface area contributed by atoms with Gasteiger partial charge >= 0.3 is 0 Å². The predicted octanol–water partition coefficient (Wildman–Crippen LogP) is 3.67. The smallest absolute Gasteiger partial charge is 0.279 e. The Hall–Kier alpha value is -2.54. The number of hydrazine groups is 1. The van der Waals surface area contributed by atoms with Crippen LogP contribution in [-0.4, -0.2) is 26.0 Å². The molecule has 1 aliphatic carbocycles. The summed E-state index contributed by atoms with van der Waals surface area (Å²) < 4.78 is 10.5. The molecule has 3 rings (SSSR count). The van der Waals surface area contributed by atoms with E-state index in [-0.39, 0.29) is 18.2 Å². The van der Waals surface area contributed by atoms with Gasteiger partial charge in [0.25, 0.3) is 5.91 Å². The Kier molecular flexibility index (Phi) is 7.14. The first kappa shape index (κ1) is 21.2. The van der Waals surface area contributed by atoms with E-state index in [1.807, 2.05) is 24.3 Å². The van der Waals surface area contributed by atoms with Crippen LogP contribution < -0.4 is 20.3 Å². The average molecular weight is 417 g/mol. The summed E-state index contributed by atoms with van der Waals surface area (Å²) in [7, 11) is 3.16. The lowest BCUT2D eigenvalue weighted by Gasteiger charge is -2.19. The van der Waals surface area contributed by atoms with Crippen molar-refractivity contribution in [2.75, 3.05) is 14.2 Å². The van der Waals surface area contributed by atoms with Crippen molar-refractivity contribution in [3.63, 3.8) is 0 Å². The number of benzene rings is 1. The van der Waals surface area contributed by atoms with Crippen LogP contribution in [0.5, 0.6) is 11.5 Å². The molecule has 29 heavy (non-hydrogen) atoms. The largest absolute Gasteiger partial charge is 0.493 e. The number of methoxy groups -OCH3 is 2. The number of carbonyl (C=O) groups excluding carboxylic acids is 2. The van der Waals surface area contributed by atoms with Crippen molar-refractivity contribution in [2.24, 2.45) is 5.92 Å². The number of aryl methyl sites for hydroxylation is 2. The van der Waals surface area contributed by atoms with Crippen LogP contribution in [0, 0.1) is 5.92 Å². The molecular formula is C22H28N2O4S. The maximum absolute atomic E-state index is 12.4. The third-order valence-corrected chi connectivity index (χ3v) is 6.63. The van der Waals surface area contributed by atoms with E-state index in [1.54, 1.807) is 14.2 Å². The first-order chi connectivity index (χ1) is 14.0. The van der Waals surface area contributed by atoms with Crippen molar-refractivity contribution in [3.8, 4) is 11.5 Å². The monoisotopic (exact) mass is 416 g/mol. The third-order valence-electron chi connectivity index (χ3n) is 5.39. The maximum atomic E-state index is 12.4. The molecule has 0 bridgehead atoms. The maximum Gasteiger partial charge on any atom is 0.279 e. The molecule has 1 heterocycles. The van der Waals surface area contributed by atoms with E-state index < -0.39 is 0 Å². The average Bonchev–Trinajstić information content (AvgIpc) is 3.19. The summed E-state index contributed by atoms with van der Waals surface area (Å²) in [6.07, 6.45) is 5.25. The number of fused-ring (bicyclic) bond motifs is 1. The molecule has 1 aromatic heterocycles. The lowest BCUT2D eigenvalue weighted by atomic mass is 9.87. The number of carbonyl (C=O) groups is 2.